The van der Waals surface area contributed by atoms with Crippen molar-refractivity contribution < 1.29 is 28.7 Å². The van der Waals surface area contributed by atoms with Gasteiger partial charge in [0.15, 0.2) is 16.8 Å². The van der Waals surface area contributed by atoms with E-state index in [0.717, 1.165) is 5.56 Å². The number of rotatable bonds is 21. The zero-order valence-corrected chi connectivity index (χ0v) is 30.1. The molecule has 0 saturated carbocycles. The zero-order chi connectivity index (χ0) is 38.1. The first-order valence-corrected chi connectivity index (χ1v) is 17.0. The molecule has 1 heterocycles. The molecule has 2 rings (SSSR count). The van der Waals surface area contributed by atoms with Gasteiger partial charge in [-0.2, -0.15) is 0 Å². The number of anilines is 2. The normalized spacial score (nSPS) is 12.7. The van der Waals surface area contributed by atoms with Gasteiger partial charge in [0.1, 0.15) is 42.8 Å². The van der Waals surface area contributed by atoms with E-state index in [9.17, 15) is 24.0 Å². The highest BCUT2D eigenvalue weighted by Crippen LogP contribution is 2.20. The molecule has 4 amide bonds. The Hall–Kier alpha value is -5.03. The molecule has 12 N–H and O–H groups in total. The molecule has 1 aromatic carbocycles. The van der Waals surface area contributed by atoms with Crippen LogP contribution in [0, 0.1) is 17.2 Å². The molecule has 0 aliphatic rings. The van der Waals surface area contributed by atoms with Crippen molar-refractivity contribution in [2.45, 2.75) is 78.1 Å². The Morgan fingerprint density at radius 3 is 2.18 bits per heavy atom. The summed E-state index contributed by atoms with van der Waals surface area (Å²) in [7, 11) is 0. The molecule has 0 aliphatic heterocycles. The van der Waals surface area contributed by atoms with Crippen molar-refractivity contribution in [1.82, 2.24) is 31.2 Å². The lowest BCUT2D eigenvalue weighted by atomic mass is 9.99. The number of carbonyl (C=O) groups excluding carboxylic acids is 5. The van der Waals surface area contributed by atoms with Gasteiger partial charge in [0.05, 0.1) is 6.54 Å². The van der Waals surface area contributed by atoms with Crippen molar-refractivity contribution in [2.75, 3.05) is 30.7 Å². The van der Waals surface area contributed by atoms with Crippen molar-refractivity contribution in [3.63, 3.8) is 0 Å². The quantitative estimate of drug-likeness (QED) is 0.0368. The van der Waals surface area contributed by atoms with Gasteiger partial charge in [0.25, 0.3) is 0 Å². The second kappa shape index (κ2) is 21.2. The number of benzene rings is 1. The number of nitrogens with two attached hydrogens (primary N) is 3. The summed E-state index contributed by atoms with van der Waals surface area (Å²) in [5.74, 6) is -4.09. The van der Waals surface area contributed by atoms with Crippen molar-refractivity contribution in [1.29, 1.82) is 5.41 Å². The third kappa shape index (κ3) is 14.8. The fourth-order valence-electron chi connectivity index (χ4n) is 4.73. The Morgan fingerprint density at radius 2 is 1.57 bits per heavy atom. The van der Waals surface area contributed by atoms with E-state index in [4.69, 9.17) is 38.9 Å². The summed E-state index contributed by atoms with van der Waals surface area (Å²) in [6.45, 7) is 6.86. The minimum atomic E-state index is -1.05. The number of amides is 4. The lowest BCUT2D eigenvalue weighted by Crippen LogP contribution is -2.58. The van der Waals surface area contributed by atoms with E-state index in [0.29, 0.717) is 19.4 Å². The fraction of sp³-hybridized carbons (Fsp3) is 0.515. The zero-order valence-electron chi connectivity index (χ0n) is 29.4. The number of aromatic nitrogens is 2. The van der Waals surface area contributed by atoms with E-state index in [-0.39, 0.29) is 60.3 Å². The molecule has 0 saturated heterocycles. The van der Waals surface area contributed by atoms with E-state index in [2.05, 4.69) is 36.6 Å². The predicted octanol–water partition coefficient (Wildman–Crippen LogP) is 0.553. The number of ether oxygens (including phenoxy) is 1. The molecule has 0 fully saturated rings. The van der Waals surface area contributed by atoms with Crippen molar-refractivity contribution in [3.05, 3.63) is 46.7 Å². The maximum Gasteiger partial charge on any atom is 0.325 e. The average molecular weight is 732 g/mol. The van der Waals surface area contributed by atoms with Crippen LogP contribution in [-0.2, 0) is 35.3 Å². The predicted molar refractivity (Wildman–Crippen MR) is 193 cm³/mol. The lowest BCUT2D eigenvalue weighted by Gasteiger charge is -2.27. The summed E-state index contributed by atoms with van der Waals surface area (Å²) >= 11 is 6.09. The summed E-state index contributed by atoms with van der Waals surface area (Å²) in [6, 6.07) is 5.97. The smallest absolute Gasteiger partial charge is 0.325 e. The highest BCUT2D eigenvalue weighted by Gasteiger charge is 2.31. The van der Waals surface area contributed by atoms with E-state index in [1.165, 1.54) is 0 Å². The number of amidine groups is 1. The molecular weight excluding hydrogens is 682 g/mol. The van der Waals surface area contributed by atoms with Gasteiger partial charge < -0.3 is 48.5 Å². The van der Waals surface area contributed by atoms with E-state index in [1.54, 1.807) is 26.0 Å². The Kier molecular flexibility index (Phi) is 17.6. The number of esters is 1. The third-order valence-corrected chi connectivity index (χ3v) is 7.65. The summed E-state index contributed by atoms with van der Waals surface area (Å²) in [4.78, 5) is 73.3. The molecule has 2 aromatic rings. The van der Waals surface area contributed by atoms with Crippen molar-refractivity contribution in [3.8, 4) is 0 Å². The van der Waals surface area contributed by atoms with Gasteiger partial charge in [0.2, 0.25) is 23.6 Å². The molecule has 18 heteroatoms. The molecular formula is C33H50ClN11O6. The summed E-state index contributed by atoms with van der Waals surface area (Å²) < 4.78 is 5.23. The molecule has 280 valence electrons. The van der Waals surface area contributed by atoms with E-state index >= 15 is 0 Å². The molecule has 0 spiro atoms. The van der Waals surface area contributed by atoms with Crippen LogP contribution >= 0.6 is 11.6 Å². The minimum absolute atomic E-state index is 0.0253. The van der Waals surface area contributed by atoms with Crippen LogP contribution in [0.25, 0.3) is 0 Å². The first-order chi connectivity index (χ1) is 24.1. The van der Waals surface area contributed by atoms with Gasteiger partial charge in [-0.15, -0.1) is 0 Å². The fourth-order valence-corrected chi connectivity index (χ4v) is 4.93. The number of hydrogen-bond donors (Lipinski definition) is 9. The highest BCUT2D eigenvalue weighted by atomic mass is 35.5. The Balaban J connectivity index is 2.07. The van der Waals surface area contributed by atoms with Gasteiger partial charge in [-0.1, -0.05) is 69.6 Å². The number of nitrogens with one attached hydrogen (secondary N) is 6. The topological polar surface area (TPSA) is 282 Å². The highest BCUT2D eigenvalue weighted by molar-refractivity contribution is 6.32. The average Bonchev–Trinajstić information content (AvgIpc) is 3.07. The third-order valence-electron chi connectivity index (χ3n) is 7.39. The summed E-state index contributed by atoms with van der Waals surface area (Å²) in [6.07, 6.45) is 1.60. The van der Waals surface area contributed by atoms with E-state index < -0.39 is 60.1 Å². The second-order valence-electron chi connectivity index (χ2n) is 12.6. The summed E-state index contributed by atoms with van der Waals surface area (Å²) in [5, 5.41) is 20.6. The van der Waals surface area contributed by atoms with Gasteiger partial charge in [0, 0.05) is 0 Å². The summed E-state index contributed by atoms with van der Waals surface area (Å²) in [5.41, 5.74) is 17.5. The van der Waals surface area contributed by atoms with Crippen LogP contribution in [0.1, 0.15) is 64.6 Å². The number of halogens is 1. The molecule has 3 atom stereocenters. The molecule has 0 unspecified atom stereocenters. The number of nitrogen functional groups attached to an aromatic ring is 2. The van der Waals surface area contributed by atoms with Crippen LogP contribution in [-0.4, -0.2) is 83.2 Å². The van der Waals surface area contributed by atoms with Crippen molar-refractivity contribution >= 4 is 58.7 Å². The largest absolute Gasteiger partial charge is 0.460 e. The maximum absolute atomic E-state index is 13.6. The van der Waals surface area contributed by atoms with Gasteiger partial charge in [-0.25, -0.2) is 9.97 Å². The van der Waals surface area contributed by atoms with Crippen LogP contribution in [0.4, 0.5) is 11.6 Å². The maximum atomic E-state index is 13.6. The number of unbranched alkanes of at least 4 members (excludes halogenated alkanes) is 1. The Bertz CT molecular complexity index is 1510. The van der Waals surface area contributed by atoms with Crippen LogP contribution < -0.4 is 43.8 Å². The van der Waals surface area contributed by atoms with Crippen LogP contribution in [0.2, 0.25) is 5.15 Å². The molecule has 0 aliphatic carbocycles. The van der Waals surface area contributed by atoms with E-state index in [1.807, 2.05) is 32.0 Å². The molecule has 17 nitrogen and oxygen atoms in total. The minimum Gasteiger partial charge on any atom is -0.460 e. The number of hydrogen-bond acceptors (Lipinski definition) is 12. The monoisotopic (exact) mass is 731 g/mol. The first-order valence-electron chi connectivity index (χ1n) is 16.6. The Morgan fingerprint density at radius 1 is 0.902 bits per heavy atom. The van der Waals surface area contributed by atoms with Gasteiger partial charge in [-0.05, 0) is 49.6 Å². The van der Waals surface area contributed by atoms with Gasteiger partial charge in [-0.3, -0.25) is 29.4 Å². The Labute approximate surface area is 302 Å². The SMILES string of the molecule is CC(C)C[C@H](NC(=O)[C@@H](NC(=O)CNc1nc(N)c(C(=N)N)nc1Cl)C(C)C)C(=O)N[C@@H](CCCCN)C(=O)NCC(=O)OCc1ccccc1. The molecule has 51 heavy (non-hydrogen) atoms. The van der Waals surface area contributed by atoms with Crippen molar-refractivity contribution in [2.24, 2.45) is 23.3 Å². The lowest BCUT2D eigenvalue weighted by molar-refractivity contribution is -0.145. The van der Waals surface area contributed by atoms with Crippen LogP contribution in [0.3, 0.4) is 0 Å². The first kappa shape index (κ1) is 42.1. The van der Waals surface area contributed by atoms with Gasteiger partial charge >= 0.3 is 5.97 Å². The molecule has 1 aromatic heterocycles. The molecule has 0 bridgehead atoms. The number of carbonyl (C=O) groups is 5. The van der Waals surface area contributed by atoms with Crippen LogP contribution in [0.15, 0.2) is 30.3 Å². The standard InChI is InChI=1S/C33H50ClN11O6/c1-18(2)14-22(32(49)41-21(12-8-9-13-35)31(48)40-16-24(47)51-17-20-10-6-5-7-11-20)42-33(50)25(19(3)4)43-23(46)15-39-30-27(34)44-26(28(36)37)29(38)45-30/h5-7,10-11,18-19,21-22,25H,8-9,12-17,35H2,1-4H3,(H3,36,37)(H,40,48)(H,41,49)(H,42,50)(H,43,46)(H3,38,39,45)/t21-,22-,25-/m0/s1. The second-order valence-corrected chi connectivity index (χ2v) is 12.9. The van der Waals surface area contributed by atoms with Crippen LogP contribution in [0.5, 0.6) is 0 Å². The molecule has 0 radical (unpaired) electrons. The number of nitrogens with zero attached hydrogens (tertiary/aromatic N) is 2.